The van der Waals surface area contributed by atoms with E-state index in [-0.39, 0.29) is 29.1 Å². The number of hydrogen-bond acceptors (Lipinski definition) is 3. The van der Waals surface area contributed by atoms with Crippen LogP contribution in [0.15, 0.2) is 48.5 Å². The van der Waals surface area contributed by atoms with Gasteiger partial charge in [0, 0.05) is 22.2 Å². The summed E-state index contributed by atoms with van der Waals surface area (Å²) in [4.78, 5) is 40.4. The van der Waals surface area contributed by atoms with Crippen LogP contribution in [0.25, 0.3) is 0 Å². The SMILES string of the molecule is CC1(C)[C@H]2CC[C@]1(C)C(=O)N(c1cccc(C(=O)Nc3ccc(Cl)cc3)c1)C2=O. The molecule has 29 heavy (non-hydrogen) atoms. The molecule has 2 aromatic rings. The van der Waals surface area contributed by atoms with Gasteiger partial charge in [-0.3, -0.25) is 14.4 Å². The summed E-state index contributed by atoms with van der Waals surface area (Å²) in [7, 11) is 0. The van der Waals surface area contributed by atoms with Crippen molar-refractivity contribution in [2.45, 2.75) is 33.6 Å². The van der Waals surface area contributed by atoms with Gasteiger partial charge in [-0.25, -0.2) is 4.90 Å². The van der Waals surface area contributed by atoms with E-state index in [1.807, 2.05) is 20.8 Å². The number of carbonyl (C=O) groups excluding carboxylic acids is 3. The zero-order chi connectivity index (χ0) is 21.0. The smallest absolute Gasteiger partial charge is 0.255 e. The number of anilines is 2. The first-order chi connectivity index (χ1) is 13.6. The number of hydrogen-bond donors (Lipinski definition) is 1. The molecule has 0 radical (unpaired) electrons. The Morgan fingerprint density at radius 2 is 1.79 bits per heavy atom. The van der Waals surface area contributed by atoms with Gasteiger partial charge < -0.3 is 5.32 Å². The van der Waals surface area contributed by atoms with Crippen molar-refractivity contribution in [1.29, 1.82) is 0 Å². The lowest BCUT2D eigenvalue weighted by molar-refractivity contribution is -0.146. The molecule has 1 saturated heterocycles. The van der Waals surface area contributed by atoms with Crippen LogP contribution in [0, 0.1) is 16.7 Å². The van der Waals surface area contributed by atoms with Crippen LogP contribution in [-0.2, 0) is 9.59 Å². The largest absolute Gasteiger partial charge is 0.322 e. The highest BCUT2D eigenvalue weighted by Crippen LogP contribution is 2.60. The molecular weight excluding hydrogens is 388 g/mol. The maximum atomic E-state index is 13.3. The van der Waals surface area contributed by atoms with Crippen molar-refractivity contribution in [3.8, 4) is 0 Å². The first kappa shape index (κ1) is 19.6. The van der Waals surface area contributed by atoms with Crippen molar-refractivity contribution in [2.24, 2.45) is 16.7 Å². The van der Waals surface area contributed by atoms with Gasteiger partial charge in [-0.2, -0.15) is 0 Å². The molecule has 0 unspecified atom stereocenters. The van der Waals surface area contributed by atoms with Crippen LogP contribution >= 0.6 is 11.6 Å². The van der Waals surface area contributed by atoms with Crippen molar-refractivity contribution in [2.75, 3.05) is 10.2 Å². The third-order valence-electron chi connectivity index (χ3n) is 6.89. The fourth-order valence-corrected chi connectivity index (χ4v) is 4.71. The van der Waals surface area contributed by atoms with Gasteiger partial charge in [0.2, 0.25) is 11.8 Å². The van der Waals surface area contributed by atoms with Crippen LogP contribution in [0.1, 0.15) is 44.0 Å². The lowest BCUT2D eigenvalue weighted by atomic mass is 9.62. The Labute approximate surface area is 175 Å². The van der Waals surface area contributed by atoms with Gasteiger partial charge in [0.25, 0.3) is 5.91 Å². The fourth-order valence-electron chi connectivity index (χ4n) is 4.59. The molecule has 1 heterocycles. The number of amides is 3. The van der Waals surface area contributed by atoms with Gasteiger partial charge in [0.15, 0.2) is 0 Å². The molecule has 3 amide bonds. The minimum Gasteiger partial charge on any atom is -0.322 e. The van der Waals surface area contributed by atoms with Crippen molar-refractivity contribution in [3.63, 3.8) is 0 Å². The highest BCUT2D eigenvalue weighted by Gasteiger charge is 2.64. The Balaban J connectivity index is 1.64. The third-order valence-corrected chi connectivity index (χ3v) is 7.14. The number of halogens is 1. The maximum Gasteiger partial charge on any atom is 0.255 e. The fraction of sp³-hybridized carbons (Fsp3) is 0.348. The van der Waals surface area contributed by atoms with E-state index in [9.17, 15) is 14.4 Å². The first-order valence-electron chi connectivity index (χ1n) is 9.70. The van der Waals surface area contributed by atoms with E-state index in [4.69, 9.17) is 11.6 Å². The second kappa shape index (κ2) is 6.70. The lowest BCUT2D eigenvalue weighted by Crippen LogP contribution is -2.59. The molecule has 150 valence electrons. The number of piperidine rings is 1. The molecule has 2 aliphatic rings. The molecule has 0 spiro atoms. The molecule has 5 nitrogen and oxygen atoms in total. The zero-order valence-electron chi connectivity index (χ0n) is 16.7. The molecule has 2 aromatic carbocycles. The summed E-state index contributed by atoms with van der Waals surface area (Å²) in [6.45, 7) is 5.97. The molecule has 2 bridgehead atoms. The van der Waals surface area contributed by atoms with Gasteiger partial charge in [-0.15, -0.1) is 0 Å². The molecule has 6 heteroatoms. The monoisotopic (exact) mass is 410 g/mol. The highest BCUT2D eigenvalue weighted by atomic mass is 35.5. The highest BCUT2D eigenvalue weighted by molar-refractivity contribution is 6.30. The minimum atomic E-state index is -0.590. The standard InChI is InChI=1S/C23H23ClN2O3/c1-22(2)18-11-12-23(22,3)21(29)26(20(18)28)17-6-4-5-14(13-17)19(27)25-16-9-7-15(24)8-10-16/h4-10,13,18H,11-12H2,1-3H3,(H,25,27)/t18-,23+/m0/s1. The molecule has 1 aliphatic carbocycles. The van der Waals surface area contributed by atoms with E-state index in [0.717, 1.165) is 0 Å². The van der Waals surface area contributed by atoms with E-state index in [0.29, 0.717) is 34.8 Å². The molecule has 1 aliphatic heterocycles. The second-order valence-electron chi connectivity index (χ2n) is 8.64. The summed E-state index contributed by atoms with van der Waals surface area (Å²) in [6, 6.07) is 13.5. The molecule has 4 rings (SSSR count). The number of nitrogens with one attached hydrogen (secondary N) is 1. The predicted molar refractivity (Wildman–Crippen MR) is 113 cm³/mol. The van der Waals surface area contributed by atoms with Crippen LogP contribution in [-0.4, -0.2) is 17.7 Å². The van der Waals surface area contributed by atoms with E-state index >= 15 is 0 Å². The summed E-state index contributed by atoms with van der Waals surface area (Å²) in [5.74, 6) is -0.876. The Hall–Kier alpha value is -2.66. The summed E-state index contributed by atoms with van der Waals surface area (Å²) >= 11 is 5.88. The Morgan fingerprint density at radius 3 is 2.48 bits per heavy atom. The topological polar surface area (TPSA) is 66.5 Å². The molecule has 2 atom stereocenters. The third kappa shape index (κ3) is 2.96. The van der Waals surface area contributed by atoms with E-state index in [1.54, 1.807) is 48.5 Å². The van der Waals surface area contributed by atoms with E-state index in [2.05, 4.69) is 5.32 Å². The predicted octanol–water partition coefficient (Wildman–Crippen LogP) is 4.91. The quantitative estimate of drug-likeness (QED) is 0.731. The molecular formula is C23H23ClN2O3. The molecule has 1 saturated carbocycles. The lowest BCUT2D eigenvalue weighted by Gasteiger charge is -2.47. The molecule has 2 fully saturated rings. The summed E-state index contributed by atoms with van der Waals surface area (Å²) < 4.78 is 0. The van der Waals surface area contributed by atoms with Gasteiger partial charge in [0.05, 0.1) is 11.1 Å². The number of carbonyl (C=O) groups is 3. The average Bonchev–Trinajstić information content (AvgIpc) is 2.87. The zero-order valence-corrected chi connectivity index (χ0v) is 17.4. The van der Waals surface area contributed by atoms with Crippen LogP contribution in [0.2, 0.25) is 5.02 Å². The second-order valence-corrected chi connectivity index (χ2v) is 9.07. The number of fused-ring (bicyclic) bond motifs is 2. The van der Waals surface area contributed by atoms with Crippen molar-refractivity contribution in [3.05, 3.63) is 59.1 Å². The van der Waals surface area contributed by atoms with Crippen LogP contribution in [0.4, 0.5) is 11.4 Å². The molecule has 1 N–H and O–H groups in total. The number of benzene rings is 2. The average molecular weight is 411 g/mol. The number of imide groups is 1. The van der Waals surface area contributed by atoms with Gasteiger partial charge in [0.1, 0.15) is 0 Å². The van der Waals surface area contributed by atoms with Crippen molar-refractivity contribution < 1.29 is 14.4 Å². The number of nitrogens with zero attached hydrogens (tertiary/aromatic N) is 1. The summed E-state index contributed by atoms with van der Waals surface area (Å²) in [6.07, 6.45) is 1.41. The van der Waals surface area contributed by atoms with Crippen molar-refractivity contribution >= 4 is 40.7 Å². The minimum absolute atomic E-state index is 0.176. The van der Waals surface area contributed by atoms with Gasteiger partial charge in [-0.1, -0.05) is 38.4 Å². The van der Waals surface area contributed by atoms with Crippen molar-refractivity contribution in [1.82, 2.24) is 0 Å². The Morgan fingerprint density at radius 1 is 1.10 bits per heavy atom. The molecule has 0 aromatic heterocycles. The Bertz CT molecular complexity index is 1020. The normalized spacial score (nSPS) is 25.2. The maximum absolute atomic E-state index is 13.3. The van der Waals surface area contributed by atoms with E-state index in [1.165, 1.54) is 4.90 Å². The van der Waals surface area contributed by atoms with Crippen LogP contribution in [0.3, 0.4) is 0 Å². The first-order valence-corrected chi connectivity index (χ1v) is 10.1. The number of rotatable bonds is 3. The van der Waals surface area contributed by atoms with Gasteiger partial charge in [-0.05, 0) is 60.7 Å². The van der Waals surface area contributed by atoms with E-state index < -0.39 is 5.41 Å². The Kier molecular flexibility index (Phi) is 4.54. The summed E-state index contributed by atoms with van der Waals surface area (Å²) in [5, 5.41) is 3.38. The van der Waals surface area contributed by atoms with Gasteiger partial charge >= 0.3 is 0 Å². The van der Waals surface area contributed by atoms with Crippen LogP contribution < -0.4 is 10.2 Å². The van der Waals surface area contributed by atoms with Crippen LogP contribution in [0.5, 0.6) is 0 Å². The summed E-state index contributed by atoms with van der Waals surface area (Å²) in [5.41, 5.74) is 0.467.